The van der Waals surface area contributed by atoms with Gasteiger partial charge in [-0.25, -0.2) is 4.57 Å². The molecule has 0 bridgehead atoms. The molecule has 0 aliphatic heterocycles. The molecule has 0 heterocycles. The third-order valence-corrected chi connectivity index (χ3v) is 6.49. The Morgan fingerprint density at radius 1 is 0.545 bits per heavy atom. The second kappa shape index (κ2) is 28.3. The van der Waals surface area contributed by atoms with Crippen molar-refractivity contribution in [3.8, 4) is 0 Å². The molecule has 0 aromatic carbocycles. The fraction of sp³-hybridized carbons (Fsp3) is 1.00. The Hall–Kier alpha value is 0.0700. The van der Waals surface area contributed by atoms with Gasteiger partial charge >= 0.3 is 7.82 Å². The minimum absolute atomic E-state index is 0.168. The molecule has 0 aliphatic carbocycles. The molecule has 6 heteroatoms. The average Bonchev–Trinajstić information content (AvgIpc) is 2.75. The van der Waals surface area contributed by atoms with Crippen LogP contribution >= 0.6 is 7.82 Å². The molecule has 0 aromatic heterocycles. The summed E-state index contributed by atoms with van der Waals surface area (Å²) < 4.78 is 14.8. The van der Waals surface area contributed by atoms with Crippen molar-refractivity contribution in [3.63, 3.8) is 0 Å². The lowest BCUT2D eigenvalue weighted by Crippen LogP contribution is -2.12. The van der Waals surface area contributed by atoms with E-state index in [0.717, 1.165) is 19.3 Å². The Labute approximate surface area is 207 Å². The van der Waals surface area contributed by atoms with Crippen LogP contribution in [-0.2, 0) is 9.09 Å². The molecule has 0 amide bonds. The maximum Gasteiger partial charge on any atom is 0.469 e. The molecule has 33 heavy (non-hydrogen) atoms. The molecule has 0 saturated carbocycles. The van der Waals surface area contributed by atoms with E-state index >= 15 is 0 Å². The number of unbranched alkanes of at least 4 members (excludes halogenated alkanes) is 19. The number of phosphoric ester groups is 1. The van der Waals surface area contributed by atoms with Gasteiger partial charge in [0.15, 0.2) is 0 Å². The molecule has 0 spiro atoms. The first-order valence-electron chi connectivity index (χ1n) is 14.2. The smallest absolute Gasteiger partial charge is 0.309 e. The molecule has 0 radical (unpaired) electrons. The van der Waals surface area contributed by atoms with E-state index in [0.29, 0.717) is 0 Å². The second-order valence-corrected chi connectivity index (χ2v) is 11.1. The van der Waals surface area contributed by atoms with Crippen LogP contribution in [0.2, 0.25) is 0 Å². The normalized spacial score (nSPS) is 11.6. The van der Waals surface area contributed by atoms with E-state index in [9.17, 15) is 4.57 Å². The fourth-order valence-electron chi connectivity index (χ4n) is 3.87. The van der Waals surface area contributed by atoms with Gasteiger partial charge in [0.25, 0.3) is 0 Å². The molecular formula is C27H60NO4P. The van der Waals surface area contributed by atoms with Gasteiger partial charge in [-0.15, -0.1) is 0 Å². The molecule has 0 fully saturated rings. The van der Waals surface area contributed by atoms with E-state index in [-0.39, 0.29) is 6.61 Å². The summed E-state index contributed by atoms with van der Waals surface area (Å²) in [4.78, 5) is 19.2. The third-order valence-electron chi connectivity index (χ3n) is 5.97. The predicted molar refractivity (Wildman–Crippen MR) is 145 cm³/mol. The van der Waals surface area contributed by atoms with Crippen molar-refractivity contribution in [2.45, 2.75) is 149 Å². The standard InChI is InChI=1S/C14H31N.C13H29O4P/c1-4-5-6-7-8-9-10-11-12-13-14-15(2)3;1-2-3-4-5-6-7-8-9-10-11-12-13-17-18(14,15)16/h4-14H2,1-3H3;2-13H2,1H3,(H2,14,15,16). The lowest BCUT2D eigenvalue weighted by Gasteiger charge is -2.08. The molecule has 0 aromatic rings. The first-order valence-corrected chi connectivity index (χ1v) is 15.7. The number of phosphoric acid groups is 1. The van der Waals surface area contributed by atoms with Crippen molar-refractivity contribution in [3.05, 3.63) is 0 Å². The summed E-state index contributed by atoms with van der Waals surface area (Å²) in [7, 11) is 0.0753. The highest BCUT2D eigenvalue weighted by Crippen LogP contribution is 2.35. The molecular weight excluding hydrogens is 433 g/mol. The van der Waals surface area contributed by atoms with Crippen LogP contribution in [0.15, 0.2) is 0 Å². The summed E-state index contributed by atoms with van der Waals surface area (Å²) in [6, 6.07) is 0. The zero-order valence-corrected chi connectivity index (χ0v) is 23.8. The van der Waals surface area contributed by atoms with Crippen molar-refractivity contribution in [1.82, 2.24) is 4.90 Å². The first kappa shape index (κ1) is 35.2. The van der Waals surface area contributed by atoms with Gasteiger partial charge in [-0.3, -0.25) is 4.52 Å². The van der Waals surface area contributed by atoms with Gasteiger partial charge in [0, 0.05) is 0 Å². The minimum atomic E-state index is -4.25. The lowest BCUT2D eigenvalue weighted by atomic mass is 10.1. The quantitative estimate of drug-likeness (QED) is 0.104. The van der Waals surface area contributed by atoms with Crippen LogP contribution in [0, 0.1) is 0 Å². The van der Waals surface area contributed by atoms with Crippen LogP contribution < -0.4 is 0 Å². The molecule has 0 aliphatic rings. The van der Waals surface area contributed by atoms with Gasteiger partial charge < -0.3 is 14.7 Å². The highest BCUT2D eigenvalue weighted by atomic mass is 31.2. The molecule has 0 saturated heterocycles. The van der Waals surface area contributed by atoms with E-state index in [1.807, 2.05) is 0 Å². The third kappa shape index (κ3) is 39.6. The van der Waals surface area contributed by atoms with Crippen molar-refractivity contribution in [1.29, 1.82) is 0 Å². The van der Waals surface area contributed by atoms with Crippen LogP contribution in [0.3, 0.4) is 0 Å². The van der Waals surface area contributed by atoms with Gasteiger partial charge in [-0.2, -0.15) is 0 Å². The SMILES string of the molecule is CCCCCCCCCCCCCOP(=O)(O)O.CCCCCCCCCCCCN(C)C. The molecule has 0 atom stereocenters. The molecule has 202 valence electrons. The topological polar surface area (TPSA) is 70.0 Å². The van der Waals surface area contributed by atoms with Crippen molar-refractivity contribution in [2.24, 2.45) is 0 Å². The Balaban J connectivity index is 0. The van der Waals surface area contributed by atoms with Crippen LogP contribution in [0.5, 0.6) is 0 Å². The Morgan fingerprint density at radius 3 is 1.15 bits per heavy atom. The summed E-state index contributed by atoms with van der Waals surface area (Å²) in [6.45, 7) is 5.94. The summed E-state index contributed by atoms with van der Waals surface area (Å²) in [5.41, 5.74) is 0. The first-order chi connectivity index (χ1) is 15.8. The number of nitrogens with zero attached hydrogens (tertiary/aromatic N) is 1. The second-order valence-electron chi connectivity index (χ2n) is 9.84. The predicted octanol–water partition coefficient (Wildman–Crippen LogP) is 8.88. The zero-order chi connectivity index (χ0) is 25.0. The van der Waals surface area contributed by atoms with Crippen LogP contribution in [0.25, 0.3) is 0 Å². The van der Waals surface area contributed by atoms with Crippen molar-refractivity contribution >= 4 is 7.82 Å². The van der Waals surface area contributed by atoms with E-state index in [2.05, 4.69) is 37.4 Å². The van der Waals surface area contributed by atoms with Gasteiger partial charge in [-0.05, 0) is 33.5 Å². The van der Waals surface area contributed by atoms with Gasteiger partial charge in [-0.1, -0.05) is 136 Å². The summed E-state index contributed by atoms with van der Waals surface area (Å²) >= 11 is 0. The van der Waals surface area contributed by atoms with Crippen molar-refractivity contribution < 1.29 is 18.9 Å². The Kier molecular flexibility index (Phi) is 30.2. The summed E-state index contributed by atoms with van der Waals surface area (Å²) in [5, 5.41) is 0. The van der Waals surface area contributed by atoms with Crippen LogP contribution in [0.4, 0.5) is 0 Å². The van der Waals surface area contributed by atoms with Crippen molar-refractivity contribution in [2.75, 3.05) is 27.2 Å². The number of hydrogen-bond donors (Lipinski definition) is 2. The zero-order valence-electron chi connectivity index (χ0n) is 22.9. The average molecular weight is 494 g/mol. The lowest BCUT2D eigenvalue weighted by molar-refractivity contribution is 0.193. The van der Waals surface area contributed by atoms with E-state index in [1.165, 1.54) is 122 Å². The van der Waals surface area contributed by atoms with Gasteiger partial charge in [0.05, 0.1) is 6.61 Å². The van der Waals surface area contributed by atoms with E-state index in [1.54, 1.807) is 0 Å². The van der Waals surface area contributed by atoms with E-state index in [4.69, 9.17) is 9.79 Å². The minimum Gasteiger partial charge on any atom is -0.309 e. The fourth-order valence-corrected chi connectivity index (χ4v) is 4.23. The van der Waals surface area contributed by atoms with Gasteiger partial charge in [0.1, 0.15) is 0 Å². The highest BCUT2D eigenvalue weighted by molar-refractivity contribution is 7.46. The Bertz CT molecular complexity index is 402. The van der Waals surface area contributed by atoms with Crippen LogP contribution in [-0.4, -0.2) is 41.9 Å². The van der Waals surface area contributed by atoms with Crippen LogP contribution in [0.1, 0.15) is 149 Å². The highest BCUT2D eigenvalue weighted by Gasteiger charge is 2.12. The Morgan fingerprint density at radius 2 is 0.848 bits per heavy atom. The van der Waals surface area contributed by atoms with E-state index < -0.39 is 7.82 Å². The number of hydrogen-bond acceptors (Lipinski definition) is 3. The largest absolute Gasteiger partial charge is 0.469 e. The number of rotatable bonds is 24. The maximum absolute atomic E-state index is 10.4. The monoisotopic (exact) mass is 493 g/mol. The molecule has 5 nitrogen and oxygen atoms in total. The molecule has 2 N–H and O–H groups in total. The van der Waals surface area contributed by atoms with Gasteiger partial charge in [0.2, 0.25) is 0 Å². The summed E-state index contributed by atoms with van der Waals surface area (Å²) in [5.74, 6) is 0. The maximum atomic E-state index is 10.4. The molecule has 0 unspecified atom stereocenters. The summed E-state index contributed by atoms with van der Waals surface area (Å²) in [6.07, 6.45) is 27.8. The molecule has 0 rings (SSSR count).